The molecule has 2 fully saturated rings. The number of nitrogens with zero attached hydrogens (tertiary/aromatic N) is 3. The molecule has 0 saturated carbocycles. The van der Waals surface area contributed by atoms with Gasteiger partial charge in [0.25, 0.3) is 0 Å². The Morgan fingerprint density at radius 2 is 1.52 bits per heavy atom. The van der Waals surface area contributed by atoms with Gasteiger partial charge in [-0.2, -0.15) is 0 Å². The summed E-state index contributed by atoms with van der Waals surface area (Å²) in [5.41, 5.74) is -1.31. The van der Waals surface area contributed by atoms with Crippen molar-refractivity contribution in [2.75, 3.05) is 19.7 Å². The van der Waals surface area contributed by atoms with Gasteiger partial charge in [0.05, 0.1) is 30.1 Å². The topological polar surface area (TPSA) is 90.4 Å². The first-order valence-corrected chi connectivity index (χ1v) is 14.7. The SMILES string of the molecule is CC(C)(C)N1CC=C[C@]23O[C@@]4(C)C=CCN(Cc5ccccc5)C(=O)[C@H]4[C@H]2C(=O)N([C@H](CO)c2ccccc2)C3C1=O. The molecule has 0 aliphatic carbocycles. The standard InChI is InChI=1S/C34H39N3O5/c1-32(2,3)36-20-12-18-34-27(30(40)37(28(34)31(36)41)25(22-38)24-15-9-6-10-16-24)26-29(39)35(19-11-17-33(26,4)42-34)21-23-13-7-5-8-14-23/h5-18,25-28,38H,19-22H2,1-4H3/t25-,26-,27+,28?,33+,34+/m1/s1. The normalized spacial score (nSPS) is 31.5. The van der Waals surface area contributed by atoms with Crippen LogP contribution < -0.4 is 0 Å². The van der Waals surface area contributed by atoms with Crippen molar-refractivity contribution < 1.29 is 24.2 Å². The molecule has 4 aliphatic rings. The fraction of sp³-hybridized carbons (Fsp3) is 0.441. The minimum Gasteiger partial charge on any atom is -0.394 e. The number of amides is 3. The lowest BCUT2D eigenvalue weighted by atomic mass is 9.74. The minimum absolute atomic E-state index is 0.180. The molecule has 1 spiro atoms. The van der Waals surface area contributed by atoms with E-state index in [1.165, 1.54) is 4.90 Å². The molecule has 1 N–H and O–H groups in total. The molecule has 6 rings (SSSR count). The maximum atomic E-state index is 14.8. The van der Waals surface area contributed by atoms with E-state index in [2.05, 4.69) is 0 Å². The Kier molecular flexibility index (Phi) is 6.90. The lowest BCUT2D eigenvalue weighted by molar-refractivity contribution is -0.158. The van der Waals surface area contributed by atoms with Gasteiger partial charge in [-0.05, 0) is 38.8 Å². The third-order valence-electron chi connectivity index (χ3n) is 9.30. The van der Waals surface area contributed by atoms with Gasteiger partial charge in [-0.25, -0.2) is 0 Å². The molecule has 3 amide bonds. The maximum Gasteiger partial charge on any atom is 0.249 e. The van der Waals surface area contributed by atoms with Crippen molar-refractivity contribution in [2.24, 2.45) is 11.8 Å². The summed E-state index contributed by atoms with van der Waals surface area (Å²) in [5.74, 6) is -2.59. The van der Waals surface area contributed by atoms with Crippen LogP contribution in [-0.4, -0.2) is 80.0 Å². The molecule has 8 heteroatoms. The Balaban J connectivity index is 1.49. The Bertz CT molecular complexity index is 1430. The summed E-state index contributed by atoms with van der Waals surface area (Å²) in [6.45, 7) is 8.50. The number of aliphatic hydroxyl groups is 1. The van der Waals surface area contributed by atoms with Gasteiger partial charge in [-0.15, -0.1) is 0 Å². The fourth-order valence-corrected chi connectivity index (χ4v) is 7.43. The number of hydrogen-bond acceptors (Lipinski definition) is 5. The highest BCUT2D eigenvalue weighted by Crippen LogP contribution is 2.59. The van der Waals surface area contributed by atoms with E-state index in [9.17, 15) is 19.5 Å². The summed E-state index contributed by atoms with van der Waals surface area (Å²) in [6, 6.07) is 17.2. The quantitative estimate of drug-likeness (QED) is 0.557. The zero-order valence-electron chi connectivity index (χ0n) is 24.6. The third kappa shape index (κ3) is 4.31. The van der Waals surface area contributed by atoms with Gasteiger partial charge in [0.2, 0.25) is 17.7 Å². The van der Waals surface area contributed by atoms with E-state index >= 15 is 0 Å². The molecule has 2 saturated heterocycles. The highest BCUT2D eigenvalue weighted by molar-refractivity contribution is 6.00. The highest BCUT2D eigenvalue weighted by Gasteiger charge is 2.75. The van der Waals surface area contributed by atoms with Crippen LogP contribution in [0.15, 0.2) is 85.0 Å². The first-order chi connectivity index (χ1) is 20.0. The van der Waals surface area contributed by atoms with Gasteiger partial charge in [0.1, 0.15) is 11.6 Å². The molecule has 0 aromatic heterocycles. The number of hydrogen-bond donors (Lipinski definition) is 1. The number of carbonyl (C=O) groups excluding carboxylic acids is 3. The minimum atomic E-state index is -1.38. The van der Waals surface area contributed by atoms with Crippen LogP contribution in [0.25, 0.3) is 0 Å². The van der Waals surface area contributed by atoms with Gasteiger partial charge >= 0.3 is 0 Å². The summed E-state index contributed by atoms with van der Waals surface area (Å²) >= 11 is 0. The number of fused-ring (bicyclic) bond motifs is 2. The van der Waals surface area contributed by atoms with Gasteiger partial charge < -0.3 is 24.5 Å². The lowest BCUT2D eigenvalue weighted by Gasteiger charge is -2.43. The van der Waals surface area contributed by atoms with E-state index < -0.39 is 40.7 Å². The molecule has 1 unspecified atom stereocenters. The van der Waals surface area contributed by atoms with Crippen LogP contribution in [0.3, 0.4) is 0 Å². The summed E-state index contributed by atoms with van der Waals surface area (Å²) in [4.78, 5) is 48.9. The van der Waals surface area contributed by atoms with Gasteiger partial charge in [-0.1, -0.05) is 85.0 Å². The largest absolute Gasteiger partial charge is 0.394 e. The second kappa shape index (κ2) is 10.2. The van der Waals surface area contributed by atoms with Crippen LogP contribution in [0, 0.1) is 11.8 Å². The van der Waals surface area contributed by atoms with Crippen molar-refractivity contribution in [3.05, 3.63) is 96.1 Å². The number of rotatable bonds is 5. The average Bonchev–Trinajstić information content (AvgIpc) is 3.22. The van der Waals surface area contributed by atoms with Gasteiger partial charge in [0.15, 0.2) is 0 Å². The second-order valence-corrected chi connectivity index (χ2v) is 13.0. The Morgan fingerprint density at radius 3 is 2.17 bits per heavy atom. The van der Waals surface area contributed by atoms with Crippen molar-refractivity contribution in [3.63, 3.8) is 0 Å². The second-order valence-electron chi connectivity index (χ2n) is 13.0. The van der Waals surface area contributed by atoms with Crippen LogP contribution in [0.1, 0.15) is 44.9 Å². The van der Waals surface area contributed by atoms with Crippen molar-refractivity contribution in [1.29, 1.82) is 0 Å². The van der Waals surface area contributed by atoms with Crippen LogP contribution in [0.4, 0.5) is 0 Å². The fourth-order valence-electron chi connectivity index (χ4n) is 7.43. The first-order valence-electron chi connectivity index (χ1n) is 14.7. The average molecular weight is 570 g/mol. The smallest absolute Gasteiger partial charge is 0.249 e. The number of benzene rings is 2. The summed E-state index contributed by atoms with van der Waals surface area (Å²) < 4.78 is 6.95. The number of carbonyl (C=O) groups is 3. The van der Waals surface area contributed by atoms with Crippen LogP contribution in [-0.2, 0) is 25.7 Å². The lowest BCUT2D eigenvalue weighted by Crippen LogP contribution is -2.59. The summed E-state index contributed by atoms with van der Waals surface area (Å²) in [7, 11) is 0. The summed E-state index contributed by atoms with van der Waals surface area (Å²) in [6.07, 6.45) is 7.58. The van der Waals surface area contributed by atoms with E-state index in [0.29, 0.717) is 25.2 Å². The molecule has 2 aromatic carbocycles. The van der Waals surface area contributed by atoms with E-state index in [1.54, 1.807) is 9.80 Å². The molecule has 0 radical (unpaired) electrons. The predicted molar refractivity (Wildman–Crippen MR) is 158 cm³/mol. The van der Waals surface area contributed by atoms with Crippen molar-refractivity contribution >= 4 is 17.7 Å². The molecule has 4 aliphatic heterocycles. The molecular formula is C34H39N3O5. The maximum absolute atomic E-state index is 14.8. The van der Waals surface area contributed by atoms with Crippen molar-refractivity contribution in [3.8, 4) is 0 Å². The van der Waals surface area contributed by atoms with E-state index in [4.69, 9.17) is 4.74 Å². The van der Waals surface area contributed by atoms with Crippen molar-refractivity contribution in [2.45, 2.75) is 63.1 Å². The number of likely N-dealkylation sites (tertiary alicyclic amines) is 1. The Morgan fingerprint density at radius 1 is 0.881 bits per heavy atom. The number of ether oxygens (including phenoxy) is 1. The highest BCUT2D eigenvalue weighted by atomic mass is 16.5. The van der Waals surface area contributed by atoms with E-state index in [0.717, 1.165) is 5.56 Å². The van der Waals surface area contributed by atoms with Crippen LogP contribution >= 0.6 is 0 Å². The molecule has 6 atom stereocenters. The van der Waals surface area contributed by atoms with Gasteiger partial charge in [-0.3, -0.25) is 14.4 Å². The molecule has 2 aromatic rings. The number of aliphatic hydroxyl groups excluding tert-OH is 1. The van der Waals surface area contributed by atoms with Crippen molar-refractivity contribution in [1.82, 2.24) is 14.7 Å². The molecule has 4 heterocycles. The van der Waals surface area contributed by atoms with Gasteiger partial charge in [0, 0.05) is 25.2 Å². The van der Waals surface area contributed by atoms with Crippen LogP contribution in [0.5, 0.6) is 0 Å². The zero-order chi connectivity index (χ0) is 29.9. The monoisotopic (exact) mass is 569 g/mol. The molecule has 0 bridgehead atoms. The predicted octanol–water partition coefficient (Wildman–Crippen LogP) is 3.49. The first kappa shape index (κ1) is 28.4. The molecule has 220 valence electrons. The zero-order valence-corrected chi connectivity index (χ0v) is 24.6. The molecule has 8 nitrogen and oxygen atoms in total. The Labute approximate surface area is 247 Å². The molecule has 42 heavy (non-hydrogen) atoms. The van der Waals surface area contributed by atoms with Crippen LogP contribution in [0.2, 0.25) is 0 Å². The third-order valence-corrected chi connectivity index (χ3v) is 9.30. The Hall–Kier alpha value is -3.75. The van der Waals surface area contributed by atoms with E-state index in [1.807, 2.05) is 113 Å². The summed E-state index contributed by atoms with van der Waals surface area (Å²) in [5, 5.41) is 10.7. The van der Waals surface area contributed by atoms with E-state index in [-0.39, 0.29) is 24.3 Å². The molecular weight excluding hydrogens is 530 g/mol.